The number of ether oxygens (including phenoxy) is 1. The molecular weight excluding hydrogens is 451 g/mol. The van der Waals surface area contributed by atoms with Crippen molar-refractivity contribution in [3.8, 4) is 0 Å². The van der Waals surface area contributed by atoms with Crippen LogP contribution in [0.2, 0.25) is 0 Å². The van der Waals surface area contributed by atoms with E-state index in [0.29, 0.717) is 16.1 Å². The maximum Gasteiger partial charge on any atom is 0.417 e. The summed E-state index contributed by atoms with van der Waals surface area (Å²) in [5.74, 6) is -0.716. The summed E-state index contributed by atoms with van der Waals surface area (Å²) in [6.07, 6.45) is -5.24. The first-order chi connectivity index (χ1) is 12.5. The maximum atomic E-state index is 13.2. The second-order valence-electron chi connectivity index (χ2n) is 5.50. The Morgan fingerprint density at radius 2 is 1.85 bits per heavy atom. The first-order valence-electron chi connectivity index (χ1n) is 7.55. The van der Waals surface area contributed by atoms with Crippen molar-refractivity contribution in [3.63, 3.8) is 0 Å². The monoisotopic (exact) mass is 465 g/mol. The molecule has 146 valence electrons. The minimum absolute atomic E-state index is 0.389. The van der Waals surface area contributed by atoms with E-state index in [0.717, 1.165) is 19.2 Å². The Morgan fingerprint density at radius 1 is 1.19 bits per heavy atom. The van der Waals surface area contributed by atoms with E-state index in [4.69, 9.17) is 0 Å². The molecule has 0 saturated heterocycles. The zero-order valence-corrected chi connectivity index (χ0v) is 16.4. The van der Waals surface area contributed by atoms with Crippen LogP contribution in [0.5, 0.6) is 0 Å². The number of nitrogens with one attached hydrogen (secondary N) is 1. The van der Waals surface area contributed by atoms with Gasteiger partial charge in [-0.3, -0.25) is 4.79 Å². The number of carbonyl (C=O) groups excluding carboxylic acids is 1. The molecule has 1 atom stereocenters. The third kappa shape index (κ3) is 5.53. The van der Waals surface area contributed by atoms with E-state index in [-0.39, 0.29) is 6.42 Å². The van der Waals surface area contributed by atoms with Crippen LogP contribution in [-0.4, -0.2) is 21.5 Å². The molecule has 0 fully saturated rings. The van der Waals surface area contributed by atoms with Gasteiger partial charge in [0.1, 0.15) is 0 Å². The van der Waals surface area contributed by atoms with Gasteiger partial charge in [-0.25, -0.2) is 13.1 Å². The predicted molar refractivity (Wildman–Crippen MR) is 95.3 cm³/mol. The smallest absolute Gasteiger partial charge is 0.417 e. The summed E-state index contributed by atoms with van der Waals surface area (Å²) in [7, 11) is -3.45. The fraction of sp³-hybridized carbons (Fsp3) is 0.235. The molecule has 0 aliphatic carbocycles. The molecule has 0 aliphatic heterocycles. The van der Waals surface area contributed by atoms with Crippen LogP contribution in [0.1, 0.15) is 23.6 Å². The number of rotatable bonds is 6. The van der Waals surface area contributed by atoms with Crippen molar-refractivity contribution in [3.05, 3.63) is 64.1 Å². The van der Waals surface area contributed by atoms with Crippen molar-refractivity contribution in [2.45, 2.75) is 23.5 Å². The molecule has 0 unspecified atom stereocenters. The van der Waals surface area contributed by atoms with Crippen molar-refractivity contribution < 1.29 is 31.1 Å². The molecule has 27 heavy (non-hydrogen) atoms. The highest BCUT2D eigenvalue weighted by Crippen LogP contribution is 2.34. The zero-order chi connectivity index (χ0) is 20.2. The third-order valence-electron chi connectivity index (χ3n) is 3.63. The summed E-state index contributed by atoms with van der Waals surface area (Å²) in [4.78, 5) is 10.8. The Kier molecular flexibility index (Phi) is 6.66. The van der Waals surface area contributed by atoms with Crippen LogP contribution in [0.15, 0.2) is 57.9 Å². The largest absolute Gasteiger partial charge is 0.469 e. The highest BCUT2D eigenvalue weighted by molar-refractivity contribution is 9.10. The summed E-state index contributed by atoms with van der Waals surface area (Å²) in [5, 5.41) is 0. The predicted octanol–water partition coefficient (Wildman–Crippen LogP) is 4.05. The fourth-order valence-electron chi connectivity index (χ4n) is 2.39. The molecule has 2 rings (SSSR count). The van der Waals surface area contributed by atoms with Gasteiger partial charge >= 0.3 is 12.1 Å². The Labute approximate surface area is 162 Å². The van der Waals surface area contributed by atoms with Crippen LogP contribution in [0.25, 0.3) is 0 Å². The van der Waals surface area contributed by atoms with Crippen LogP contribution in [0, 0.1) is 0 Å². The number of benzene rings is 2. The number of esters is 1. The molecule has 0 bridgehead atoms. The molecule has 0 aromatic heterocycles. The summed E-state index contributed by atoms with van der Waals surface area (Å²) in [6.45, 7) is 0. The number of alkyl halides is 3. The van der Waals surface area contributed by atoms with Crippen molar-refractivity contribution in [2.75, 3.05) is 7.11 Å². The zero-order valence-electron chi connectivity index (χ0n) is 14.0. The number of halogens is 4. The van der Waals surface area contributed by atoms with Crippen LogP contribution >= 0.6 is 15.9 Å². The number of carbonyl (C=O) groups is 1. The van der Waals surface area contributed by atoms with Crippen LogP contribution in [0.3, 0.4) is 0 Å². The van der Waals surface area contributed by atoms with E-state index in [9.17, 15) is 26.4 Å². The van der Waals surface area contributed by atoms with Gasteiger partial charge in [0.15, 0.2) is 0 Å². The highest BCUT2D eigenvalue weighted by atomic mass is 79.9. The summed E-state index contributed by atoms with van der Waals surface area (Å²) in [6, 6.07) is 9.14. The lowest BCUT2D eigenvalue weighted by Gasteiger charge is -2.20. The van der Waals surface area contributed by atoms with Crippen molar-refractivity contribution in [1.82, 2.24) is 4.72 Å². The number of hydrogen-bond donors (Lipinski definition) is 1. The molecule has 2 aromatic rings. The van der Waals surface area contributed by atoms with Crippen molar-refractivity contribution in [2.24, 2.45) is 0 Å². The highest BCUT2D eigenvalue weighted by Gasteiger charge is 2.37. The van der Waals surface area contributed by atoms with Gasteiger partial charge in [-0.05, 0) is 29.8 Å². The van der Waals surface area contributed by atoms with Gasteiger partial charge in [0.2, 0.25) is 10.0 Å². The van der Waals surface area contributed by atoms with E-state index >= 15 is 0 Å². The molecule has 0 aliphatic rings. The Morgan fingerprint density at radius 3 is 2.44 bits per heavy atom. The van der Waals surface area contributed by atoms with Crippen LogP contribution in [0.4, 0.5) is 13.2 Å². The molecule has 10 heteroatoms. The molecule has 0 saturated carbocycles. The van der Waals surface area contributed by atoms with Crippen LogP contribution in [-0.2, 0) is 25.7 Å². The second-order valence-corrected chi connectivity index (χ2v) is 8.10. The summed E-state index contributed by atoms with van der Waals surface area (Å²) < 4.78 is 72.2. The van der Waals surface area contributed by atoms with E-state index in [1.54, 1.807) is 24.3 Å². The third-order valence-corrected chi connectivity index (χ3v) is 5.65. The Balaban J connectivity index is 2.46. The maximum absolute atomic E-state index is 13.2. The fourth-order valence-corrected chi connectivity index (χ4v) is 4.26. The van der Waals surface area contributed by atoms with E-state index in [1.165, 1.54) is 6.07 Å². The topological polar surface area (TPSA) is 72.5 Å². The van der Waals surface area contributed by atoms with Crippen LogP contribution < -0.4 is 4.72 Å². The van der Waals surface area contributed by atoms with Gasteiger partial charge in [0.05, 0.1) is 30.0 Å². The van der Waals surface area contributed by atoms with Gasteiger partial charge in [0, 0.05) is 4.47 Å². The molecule has 0 amide bonds. The minimum Gasteiger partial charge on any atom is -0.469 e. The Hall–Kier alpha value is -1.91. The SMILES string of the molecule is COC(=O)C[C@H](NS(=O)(=O)c1ccccc1C(F)(F)F)c1cccc(Br)c1. The van der Waals surface area contributed by atoms with E-state index in [2.05, 4.69) is 25.4 Å². The summed E-state index contributed by atoms with van der Waals surface area (Å²) in [5.41, 5.74) is -0.897. The molecule has 0 spiro atoms. The van der Waals surface area contributed by atoms with Gasteiger partial charge < -0.3 is 4.74 Å². The van der Waals surface area contributed by atoms with Gasteiger partial charge in [-0.1, -0.05) is 40.2 Å². The number of sulfonamides is 1. The van der Waals surface area contributed by atoms with Gasteiger partial charge in [-0.2, -0.15) is 13.2 Å². The van der Waals surface area contributed by atoms with Crippen molar-refractivity contribution in [1.29, 1.82) is 0 Å². The Bertz CT molecular complexity index is 932. The normalized spacial score (nSPS) is 13.2. The minimum atomic E-state index is -4.85. The average Bonchev–Trinajstić information content (AvgIpc) is 2.60. The quantitative estimate of drug-likeness (QED) is 0.653. The van der Waals surface area contributed by atoms with Gasteiger partial charge in [0.25, 0.3) is 0 Å². The molecule has 5 nitrogen and oxygen atoms in total. The second kappa shape index (κ2) is 8.41. The lowest BCUT2D eigenvalue weighted by atomic mass is 10.1. The van der Waals surface area contributed by atoms with E-state index in [1.807, 2.05) is 0 Å². The first-order valence-corrected chi connectivity index (χ1v) is 9.83. The molecule has 0 radical (unpaired) electrons. The van der Waals surface area contributed by atoms with Gasteiger partial charge in [-0.15, -0.1) is 0 Å². The molecular formula is C17H15BrF3NO4S. The first kappa shape index (κ1) is 21.4. The number of hydrogen-bond acceptors (Lipinski definition) is 4. The lowest BCUT2D eigenvalue weighted by Crippen LogP contribution is -2.32. The molecule has 2 aromatic carbocycles. The number of methoxy groups -OCH3 is 1. The summed E-state index contributed by atoms with van der Waals surface area (Å²) >= 11 is 3.23. The standard InChI is InChI=1S/C17H15BrF3NO4S/c1-26-16(23)10-14(11-5-4-6-12(18)9-11)22-27(24,25)15-8-3-2-7-13(15)17(19,20)21/h2-9,14,22H,10H2,1H3/t14-/m0/s1. The molecule has 0 heterocycles. The molecule has 1 N–H and O–H groups in total. The lowest BCUT2D eigenvalue weighted by molar-refractivity contribution is -0.141. The van der Waals surface area contributed by atoms with Crippen molar-refractivity contribution >= 4 is 31.9 Å². The van der Waals surface area contributed by atoms with E-state index < -0.39 is 38.7 Å². The average molecular weight is 466 g/mol.